The molecule has 0 atom stereocenters. The van der Waals surface area contributed by atoms with Crippen LogP contribution in [0.5, 0.6) is 11.6 Å². The Kier molecular flexibility index (Phi) is 4.35. The number of halogens is 2. The van der Waals surface area contributed by atoms with Crippen LogP contribution in [0.3, 0.4) is 0 Å². The van der Waals surface area contributed by atoms with E-state index in [0.29, 0.717) is 16.7 Å². The molecule has 2 rings (SSSR count). The zero-order valence-corrected chi connectivity index (χ0v) is 11.7. The summed E-state index contributed by atoms with van der Waals surface area (Å²) < 4.78 is 10.7. The first-order valence-electron chi connectivity index (χ1n) is 5.47. The Morgan fingerprint density at radius 2 is 2.00 bits per heavy atom. The Balaban J connectivity index is 2.12. The van der Waals surface area contributed by atoms with Crippen LogP contribution in [0.2, 0.25) is 10.0 Å². The molecule has 4 nitrogen and oxygen atoms in total. The van der Waals surface area contributed by atoms with E-state index < -0.39 is 0 Å². The van der Waals surface area contributed by atoms with Crippen LogP contribution in [0.1, 0.15) is 5.56 Å². The predicted molar refractivity (Wildman–Crippen MR) is 76.0 cm³/mol. The number of aromatic nitrogens is 1. The number of pyridine rings is 1. The molecule has 0 saturated carbocycles. The van der Waals surface area contributed by atoms with Gasteiger partial charge in [0.2, 0.25) is 5.88 Å². The first-order valence-corrected chi connectivity index (χ1v) is 6.23. The van der Waals surface area contributed by atoms with Crippen LogP contribution in [0, 0.1) is 0 Å². The van der Waals surface area contributed by atoms with Gasteiger partial charge in [-0.3, -0.25) is 0 Å². The molecule has 2 N–H and O–H groups in total. The lowest BCUT2D eigenvalue weighted by Gasteiger charge is -2.09. The van der Waals surface area contributed by atoms with Crippen LogP contribution in [-0.4, -0.2) is 12.1 Å². The lowest BCUT2D eigenvalue weighted by atomic mass is 10.2. The Labute approximate surface area is 121 Å². The van der Waals surface area contributed by atoms with Gasteiger partial charge in [0.1, 0.15) is 23.2 Å². The Morgan fingerprint density at radius 1 is 1.21 bits per heavy atom. The van der Waals surface area contributed by atoms with Gasteiger partial charge in [-0.05, 0) is 23.8 Å². The molecule has 0 amide bonds. The first-order chi connectivity index (χ1) is 9.10. The van der Waals surface area contributed by atoms with E-state index in [1.807, 2.05) is 24.3 Å². The Morgan fingerprint density at radius 3 is 2.74 bits per heavy atom. The highest BCUT2D eigenvalue weighted by Gasteiger charge is 2.08. The third-order valence-corrected chi connectivity index (χ3v) is 3.01. The normalized spacial score (nSPS) is 10.3. The molecule has 0 fully saturated rings. The van der Waals surface area contributed by atoms with Gasteiger partial charge in [0.15, 0.2) is 0 Å². The molecule has 0 unspecified atom stereocenters. The van der Waals surface area contributed by atoms with Crippen molar-refractivity contribution in [2.75, 3.05) is 12.8 Å². The minimum atomic E-state index is 0.187. The number of anilines is 1. The maximum absolute atomic E-state index is 5.97. The number of methoxy groups -OCH3 is 1. The minimum Gasteiger partial charge on any atom is -0.497 e. The number of hydrogen-bond acceptors (Lipinski definition) is 4. The summed E-state index contributed by atoms with van der Waals surface area (Å²) in [5.74, 6) is 1.20. The highest BCUT2D eigenvalue weighted by atomic mass is 35.5. The number of nitrogen functional groups attached to an aromatic ring is 1. The van der Waals surface area contributed by atoms with Crippen LogP contribution >= 0.6 is 23.2 Å². The van der Waals surface area contributed by atoms with Crippen LogP contribution < -0.4 is 15.2 Å². The zero-order valence-electron chi connectivity index (χ0n) is 10.2. The summed E-state index contributed by atoms with van der Waals surface area (Å²) in [5.41, 5.74) is 6.54. The number of rotatable bonds is 4. The van der Waals surface area contributed by atoms with Crippen LogP contribution in [-0.2, 0) is 6.61 Å². The van der Waals surface area contributed by atoms with Gasteiger partial charge in [0.25, 0.3) is 0 Å². The molecule has 0 aliphatic rings. The molecule has 0 spiro atoms. The van der Waals surface area contributed by atoms with Crippen LogP contribution in [0.15, 0.2) is 30.3 Å². The fraction of sp³-hybridized carbons (Fsp3) is 0.154. The molecule has 0 radical (unpaired) electrons. The predicted octanol–water partition coefficient (Wildman–Crippen LogP) is 3.56. The zero-order chi connectivity index (χ0) is 13.8. The monoisotopic (exact) mass is 298 g/mol. The minimum absolute atomic E-state index is 0.187. The summed E-state index contributed by atoms with van der Waals surface area (Å²) in [6.07, 6.45) is 0. The molecule has 1 aromatic heterocycles. The van der Waals surface area contributed by atoms with Crippen molar-refractivity contribution < 1.29 is 9.47 Å². The van der Waals surface area contributed by atoms with Crippen molar-refractivity contribution in [1.82, 2.24) is 4.98 Å². The first kappa shape index (κ1) is 13.8. The Hall–Kier alpha value is -1.65. The number of benzene rings is 1. The molecule has 0 aliphatic carbocycles. The van der Waals surface area contributed by atoms with Crippen molar-refractivity contribution in [2.24, 2.45) is 0 Å². The lowest BCUT2D eigenvalue weighted by molar-refractivity contribution is 0.294. The molecular weight excluding hydrogens is 287 g/mol. The van der Waals surface area contributed by atoms with Crippen molar-refractivity contribution >= 4 is 29.0 Å². The van der Waals surface area contributed by atoms with Gasteiger partial charge in [0.05, 0.1) is 12.1 Å². The lowest BCUT2D eigenvalue weighted by Crippen LogP contribution is -2.01. The molecule has 0 saturated heterocycles. The molecule has 0 aliphatic heterocycles. The second-order valence-corrected chi connectivity index (χ2v) is 4.60. The number of ether oxygens (including phenoxy) is 2. The van der Waals surface area contributed by atoms with E-state index >= 15 is 0 Å². The third kappa shape index (κ3) is 3.43. The van der Waals surface area contributed by atoms with E-state index in [1.54, 1.807) is 7.11 Å². The van der Waals surface area contributed by atoms with E-state index in [2.05, 4.69) is 4.98 Å². The summed E-state index contributed by atoms with van der Waals surface area (Å²) in [7, 11) is 1.61. The highest BCUT2D eigenvalue weighted by molar-refractivity contribution is 6.36. The number of nitrogens with two attached hydrogens (primary N) is 1. The van der Waals surface area contributed by atoms with Crippen molar-refractivity contribution in [3.63, 3.8) is 0 Å². The molecular formula is C13H12Cl2N2O2. The smallest absolute Gasteiger partial charge is 0.234 e. The maximum Gasteiger partial charge on any atom is 0.234 e. The van der Waals surface area contributed by atoms with Crippen LogP contribution in [0.25, 0.3) is 0 Å². The summed E-state index contributed by atoms with van der Waals surface area (Å²) in [4.78, 5) is 3.99. The van der Waals surface area contributed by atoms with Gasteiger partial charge >= 0.3 is 0 Å². The second-order valence-electron chi connectivity index (χ2n) is 3.78. The van der Waals surface area contributed by atoms with Gasteiger partial charge in [-0.1, -0.05) is 35.3 Å². The molecule has 0 bridgehead atoms. The number of hydrogen-bond donors (Lipinski definition) is 1. The summed E-state index contributed by atoms with van der Waals surface area (Å²) in [6, 6.07) is 9.02. The van der Waals surface area contributed by atoms with Crippen molar-refractivity contribution in [3.8, 4) is 11.6 Å². The van der Waals surface area contributed by atoms with Gasteiger partial charge in [-0.2, -0.15) is 4.98 Å². The van der Waals surface area contributed by atoms with Crippen molar-refractivity contribution in [1.29, 1.82) is 0 Å². The molecule has 1 aromatic carbocycles. The molecule has 100 valence electrons. The maximum atomic E-state index is 5.97. The largest absolute Gasteiger partial charge is 0.497 e. The van der Waals surface area contributed by atoms with E-state index in [9.17, 15) is 0 Å². The third-order valence-electron chi connectivity index (χ3n) is 2.43. The summed E-state index contributed by atoms with van der Waals surface area (Å²) in [5, 5.41) is 0.626. The van der Waals surface area contributed by atoms with Crippen molar-refractivity contribution in [2.45, 2.75) is 6.61 Å². The SMILES string of the molecule is COc1cccc(COc2nc(N)c(Cl)cc2Cl)c1. The summed E-state index contributed by atoms with van der Waals surface area (Å²) >= 11 is 11.8. The Bertz CT molecular complexity index is 591. The molecule has 2 aromatic rings. The fourth-order valence-corrected chi connectivity index (χ4v) is 1.89. The van der Waals surface area contributed by atoms with E-state index in [1.165, 1.54) is 6.07 Å². The van der Waals surface area contributed by atoms with Gasteiger partial charge < -0.3 is 15.2 Å². The summed E-state index contributed by atoms with van der Waals surface area (Å²) in [6.45, 7) is 0.311. The quantitative estimate of drug-likeness (QED) is 0.938. The van der Waals surface area contributed by atoms with E-state index in [0.717, 1.165) is 11.3 Å². The number of nitrogens with zero attached hydrogens (tertiary/aromatic N) is 1. The fourth-order valence-electron chi connectivity index (χ4n) is 1.48. The topological polar surface area (TPSA) is 57.4 Å². The van der Waals surface area contributed by atoms with Crippen LogP contribution in [0.4, 0.5) is 5.82 Å². The molecule has 19 heavy (non-hydrogen) atoms. The molecule has 1 heterocycles. The highest BCUT2D eigenvalue weighted by Crippen LogP contribution is 2.29. The van der Waals surface area contributed by atoms with Gasteiger partial charge in [0, 0.05) is 0 Å². The van der Waals surface area contributed by atoms with E-state index in [4.69, 9.17) is 38.4 Å². The van der Waals surface area contributed by atoms with Gasteiger partial charge in [-0.15, -0.1) is 0 Å². The van der Waals surface area contributed by atoms with Crippen molar-refractivity contribution in [3.05, 3.63) is 45.9 Å². The van der Waals surface area contributed by atoms with E-state index in [-0.39, 0.29) is 11.7 Å². The average Bonchev–Trinajstić information content (AvgIpc) is 2.41. The van der Waals surface area contributed by atoms with Gasteiger partial charge in [-0.25, -0.2) is 0 Å². The standard InChI is InChI=1S/C13H12Cl2N2O2/c1-18-9-4-2-3-8(5-9)7-19-13-11(15)6-10(14)12(16)17-13/h2-6H,7H2,1H3,(H2,16,17). The second kappa shape index (κ2) is 5.99. The molecule has 6 heteroatoms. The average molecular weight is 299 g/mol.